The first-order valence-electron chi connectivity index (χ1n) is 7.52. The lowest BCUT2D eigenvalue weighted by atomic mass is 10.0. The zero-order valence-corrected chi connectivity index (χ0v) is 13.2. The molecule has 0 heterocycles. The highest BCUT2D eigenvalue weighted by Crippen LogP contribution is 2.29. The Morgan fingerprint density at radius 3 is 2.30 bits per heavy atom. The first-order chi connectivity index (χ1) is 9.71. The van der Waals surface area contributed by atoms with Crippen molar-refractivity contribution in [3.05, 3.63) is 23.8 Å². The second-order valence-corrected chi connectivity index (χ2v) is 4.98. The van der Waals surface area contributed by atoms with E-state index in [4.69, 9.17) is 9.47 Å². The van der Waals surface area contributed by atoms with Crippen LogP contribution in [-0.4, -0.2) is 13.2 Å². The van der Waals surface area contributed by atoms with E-state index in [-0.39, 0.29) is 0 Å². The van der Waals surface area contributed by atoms with E-state index < -0.39 is 0 Å². The van der Waals surface area contributed by atoms with Crippen LogP contribution >= 0.6 is 0 Å². The van der Waals surface area contributed by atoms with E-state index in [1.807, 2.05) is 13.0 Å². The summed E-state index contributed by atoms with van der Waals surface area (Å²) in [4.78, 5) is 0. The summed E-state index contributed by atoms with van der Waals surface area (Å²) < 4.78 is 11.5. The van der Waals surface area contributed by atoms with E-state index in [9.17, 15) is 0 Å². The molecule has 1 atom stereocenters. The molecule has 0 spiro atoms. The van der Waals surface area contributed by atoms with Gasteiger partial charge in [0.25, 0.3) is 0 Å². The zero-order chi connectivity index (χ0) is 14.8. The fraction of sp³-hybridized carbons (Fsp3) is 0.556. The minimum Gasteiger partial charge on any atom is -0.490 e. The molecule has 1 aromatic carbocycles. The van der Waals surface area contributed by atoms with Crippen LogP contribution in [0, 0.1) is 17.8 Å². The fourth-order valence-electron chi connectivity index (χ4n) is 1.99. The third-order valence-electron chi connectivity index (χ3n) is 2.86. The SMILES string of the molecule is CC#CC(C)Cc1ccc(OCCC)c(OCCC)c1. The molecule has 0 saturated heterocycles. The molecule has 2 heteroatoms. The van der Waals surface area contributed by atoms with Crippen LogP contribution in [0.3, 0.4) is 0 Å². The fourth-order valence-corrected chi connectivity index (χ4v) is 1.99. The summed E-state index contributed by atoms with van der Waals surface area (Å²) in [5.74, 6) is 8.22. The average Bonchev–Trinajstić information content (AvgIpc) is 2.44. The summed E-state index contributed by atoms with van der Waals surface area (Å²) in [6, 6.07) is 6.22. The molecule has 2 nitrogen and oxygen atoms in total. The Morgan fingerprint density at radius 1 is 1.05 bits per heavy atom. The highest BCUT2D eigenvalue weighted by atomic mass is 16.5. The lowest BCUT2D eigenvalue weighted by Gasteiger charge is -2.14. The number of benzene rings is 1. The normalized spacial score (nSPS) is 11.4. The van der Waals surface area contributed by atoms with E-state index in [0.717, 1.165) is 44.0 Å². The van der Waals surface area contributed by atoms with E-state index in [1.54, 1.807) is 0 Å². The summed E-state index contributed by atoms with van der Waals surface area (Å²) in [6.45, 7) is 9.68. The van der Waals surface area contributed by atoms with Crippen molar-refractivity contribution in [2.24, 2.45) is 5.92 Å². The average molecular weight is 274 g/mol. The Morgan fingerprint density at radius 2 is 1.70 bits per heavy atom. The summed E-state index contributed by atoms with van der Waals surface area (Å²) in [6.07, 6.45) is 2.94. The van der Waals surface area contributed by atoms with Crippen LogP contribution in [0.2, 0.25) is 0 Å². The molecular formula is C18H26O2. The molecule has 0 N–H and O–H groups in total. The van der Waals surface area contributed by atoms with Gasteiger partial charge >= 0.3 is 0 Å². The molecule has 0 aliphatic heterocycles. The van der Waals surface area contributed by atoms with Gasteiger partial charge in [-0.05, 0) is 43.9 Å². The second kappa shape index (κ2) is 9.31. The number of hydrogen-bond acceptors (Lipinski definition) is 2. The summed E-state index contributed by atoms with van der Waals surface area (Å²) in [5, 5.41) is 0. The molecule has 20 heavy (non-hydrogen) atoms. The van der Waals surface area contributed by atoms with Crippen molar-refractivity contribution >= 4 is 0 Å². The van der Waals surface area contributed by atoms with Crippen molar-refractivity contribution in [1.29, 1.82) is 0 Å². The quantitative estimate of drug-likeness (QED) is 0.651. The van der Waals surface area contributed by atoms with Gasteiger partial charge in [-0.25, -0.2) is 0 Å². The van der Waals surface area contributed by atoms with Crippen LogP contribution in [0.4, 0.5) is 0 Å². The highest BCUT2D eigenvalue weighted by molar-refractivity contribution is 5.43. The number of rotatable bonds is 8. The summed E-state index contributed by atoms with van der Waals surface area (Å²) in [7, 11) is 0. The van der Waals surface area contributed by atoms with Gasteiger partial charge in [-0.15, -0.1) is 11.8 Å². The van der Waals surface area contributed by atoms with Gasteiger partial charge in [0, 0.05) is 5.92 Å². The van der Waals surface area contributed by atoms with Gasteiger partial charge in [-0.3, -0.25) is 0 Å². The van der Waals surface area contributed by atoms with Gasteiger partial charge in [-0.2, -0.15) is 0 Å². The van der Waals surface area contributed by atoms with Crippen molar-refractivity contribution in [2.45, 2.75) is 47.0 Å². The van der Waals surface area contributed by atoms with E-state index in [2.05, 4.69) is 44.7 Å². The first kappa shape index (κ1) is 16.4. The predicted octanol–water partition coefficient (Wildman–Crippen LogP) is 4.47. The Bertz CT molecular complexity index is 454. The van der Waals surface area contributed by atoms with Crippen LogP contribution < -0.4 is 9.47 Å². The third kappa shape index (κ3) is 5.57. The van der Waals surface area contributed by atoms with Crippen LogP contribution in [-0.2, 0) is 6.42 Å². The largest absolute Gasteiger partial charge is 0.490 e. The summed E-state index contributed by atoms with van der Waals surface area (Å²) >= 11 is 0. The van der Waals surface area contributed by atoms with Crippen LogP contribution in [0.15, 0.2) is 18.2 Å². The van der Waals surface area contributed by atoms with Crippen LogP contribution in [0.5, 0.6) is 11.5 Å². The van der Waals surface area contributed by atoms with Crippen molar-refractivity contribution in [3.63, 3.8) is 0 Å². The van der Waals surface area contributed by atoms with Gasteiger partial charge in [-0.1, -0.05) is 26.8 Å². The maximum absolute atomic E-state index is 5.80. The Kier molecular flexibility index (Phi) is 7.65. The molecule has 0 saturated carbocycles. The van der Waals surface area contributed by atoms with Gasteiger partial charge in [0.15, 0.2) is 11.5 Å². The maximum Gasteiger partial charge on any atom is 0.161 e. The zero-order valence-electron chi connectivity index (χ0n) is 13.2. The summed E-state index contributed by atoms with van der Waals surface area (Å²) in [5.41, 5.74) is 1.25. The Labute approximate surface area is 123 Å². The van der Waals surface area contributed by atoms with Crippen molar-refractivity contribution < 1.29 is 9.47 Å². The van der Waals surface area contributed by atoms with Crippen molar-refractivity contribution in [1.82, 2.24) is 0 Å². The minimum atomic E-state index is 0.362. The molecule has 0 aliphatic carbocycles. The minimum absolute atomic E-state index is 0.362. The maximum atomic E-state index is 5.80. The van der Waals surface area contributed by atoms with Crippen LogP contribution in [0.1, 0.15) is 46.1 Å². The molecule has 1 rings (SSSR count). The molecule has 110 valence electrons. The molecule has 0 amide bonds. The van der Waals surface area contributed by atoms with E-state index in [0.29, 0.717) is 5.92 Å². The molecular weight excluding hydrogens is 248 g/mol. The molecule has 0 radical (unpaired) electrons. The molecule has 1 aromatic rings. The third-order valence-corrected chi connectivity index (χ3v) is 2.86. The predicted molar refractivity (Wildman–Crippen MR) is 84.3 cm³/mol. The van der Waals surface area contributed by atoms with E-state index >= 15 is 0 Å². The van der Waals surface area contributed by atoms with E-state index in [1.165, 1.54) is 5.56 Å². The number of ether oxygens (including phenoxy) is 2. The van der Waals surface area contributed by atoms with Gasteiger partial charge in [0.05, 0.1) is 13.2 Å². The molecule has 1 unspecified atom stereocenters. The lowest BCUT2D eigenvalue weighted by molar-refractivity contribution is 0.268. The van der Waals surface area contributed by atoms with Crippen LogP contribution in [0.25, 0.3) is 0 Å². The topological polar surface area (TPSA) is 18.5 Å². The standard InChI is InChI=1S/C18H26O2/c1-5-8-15(4)13-16-9-10-17(19-11-6-2)18(14-16)20-12-7-3/h9-10,14-15H,6-7,11-13H2,1-4H3. The first-order valence-corrected chi connectivity index (χ1v) is 7.52. The lowest BCUT2D eigenvalue weighted by Crippen LogP contribution is -2.03. The number of hydrogen-bond donors (Lipinski definition) is 0. The smallest absolute Gasteiger partial charge is 0.161 e. The molecule has 0 aromatic heterocycles. The molecule has 0 bridgehead atoms. The van der Waals surface area contributed by atoms with Gasteiger partial charge < -0.3 is 9.47 Å². The monoisotopic (exact) mass is 274 g/mol. The van der Waals surface area contributed by atoms with Gasteiger partial charge in [0.1, 0.15) is 0 Å². The van der Waals surface area contributed by atoms with Crippen molar-refractivity contribution in [3.8, 4) is 23.3 Å². The Hall–Kier alpha value is -1.62. The Balaban J connectivity index is 2.84. The van der Waals surface area contributed by atoms with Crippen molar-refractivity contribution in [2.75, 3.05) is 13.2 Å². The second-order valence-electron chi connectivity index (χ2n) is 4.98. The molecule has 0 fully saturated rings. The van der Waals surface area contributed by atoms with Gasteiger partial charge in [0.2, 0.25) is 0 Å². The highest BCUT2D eigenvalue weighted by Gasteiger charge is 2.08. The molecule has 0 aliphatic rings.